The number of sulfonamides is 1. The largest absolute Gasteiger partial charge is 0.354 e. The van der Waals surface area contributed by atoms with Crippen molar-refractivity contribution < 1.29 is 18.0 Å². The quantitative estimate of drug-likeness (QED) is 0.584. The molecule has 0 unspecified atom stereocenters. The van der Waals surface area contributed by atoms with Gasteiger partial charge in [0.25, 0.3) is 0 Å². The summed E-state index contributed by atoms with van der Waals surface area (Å²) in [5, 5.41) is 3.25. The number of halogens is 1. The summed E-state index contributed by atoms with van der Waals surface area (Å²) in [4.78, 5) is 27.3. The first kappa shape index (κ1) is 24.7. The summed E-state index contributed by atoms with van der Waals surface area (Å²) in [6, 6.07) is 14.7. The van der Waals surface area contributed by atoms with Crippen LogP contribution in [0.4, 0.5) is 5.69 Å². The molecule has 0 fully saturated rings. The molecule has 0 bridgehead atoms. The van der Waals surface area contributed by atoms with Crippen LogP contribution >= 0.6 is 11.6 Å². The van der Waals surface area contributed by atoms with Gasteiger partial charge in [0.2, 0.25) is 21.8 Å². The van der Waals surface area contributed by atoms with Crippen molar-refractivity contribution in [1.29, 1.82) is 0 Å². The minimum Gasteiger partial charge on any atom is -0.354 e. The van der Waals surface area contributed by atoms with Crippen LogP contribution in [0.1, 0.15) is 25.8 Å². The Bertz CT molecular complexity index is 982. The third-order valence-corrected chi connectivity index (χ3v) is 6.10. The van der Waals surface area contributed by atoms with Crippen molar-refractivity contribution in [2.75, 3.05) is 23.7 Å². The molecule has 2 aromatic carbocycles. The average molecular weight is 466 g/mol. The maximum absolute atomic E-state index is 13.3. The Labute approximate surface area is 189 Å². The standard InChI is InChI=1S/C22H28ClN3O4S/c1-4-14-24-22(28)17(2)25(15-18-8-6-5-7-9-18)21(27)16-26(31(3,29)30)20-12-10-19(23)11-13-20/h5-13,17H,4,14-16H2,1-3H3,(H,24,28)/t17-/m0/s1. The van der Waals surface area contributed by atoms with Gasteiger partial charge in [-0.3, -0.25) is 13.9 Å². The van der Waals surface area contributed by atoms with E-state index >= 15 is 0 Å². The Hall–Kier alpha value is -2.58. The Balaban J connectivity index is 2.32. The predicted molar refractivity (Wildman–Crippen MR) is 123 cm³/mol. The zero-order valence-corrected chi connectivity index (χ0v) is 19.5. The van der Waals surface area contributed by atoms with Gasteiger partial charge in [0.1, 0.15) is 12.6 Å². The summed E-state index contributed by atoms with van der Waals surface area (Å²) in [6.45, 7) is 3.82. The van der Waals surface area contributed by atoms with Crippen molar-refractivity contribution in [3.8, 4) is 0 Å². The van der Waals surface area contributed by atoms with E-state index in [0.29, 0.717) is 17.3 Å². The second-order valence-corrected chi connectivity index (χ2v) is 9.56. The molecule has 168 valence electrons. The fraction of sp³-hybridized carbons (Fsp3) is 0.364. The molecule has 1 N–H and O–H groups in total. The lowest BCUT2D eigenvalue weighted by molar-refractivity contribution is -0.139. The normalized spacial score (nSPS) is 12.1. The Morgan fingerprint density at radius 2 is 1.68 bits per heavy atom. The fourth-order valence-corrected chi connectivity index (χ4v) is 3.96. The number of benzene rings is 2. The van der Waals surface area contributed by atoms with Crippen LogP contribution in [0.2, 0.25) is 5.02 Å². The number of rotatable bonds is 10. The summed E-state index contributed by atoms with van der Waals surface area (Å²) in [6.07, 6.45) is 1.80. The molecule has 0 spiro atoms. The van der Waals surface area contributed by atoms with Gasteiger partial charge in [0.05, 0.1) is 11.9 Å². The predicted octanol–water partition coefficient (Wildman–Crippen LogP) is 3.05. The van der Waals surface area contributed by atoms with Crippen LogP contribution in [0.3, 0.4) is 0 Å². The van der Waals surface area contributed by atoms with Gasteiger partial charge >= 0.3 is 0 Å². The molecule has 2 aromatic rings. The zero-order valence-electron chi connectivity index (χ0n) is 17.9. The zero-order chi connectivity index (χ0) is 23.0. The second-order valence-electron chi connectivity index (χ2n) is 7.22. The van der Waals surface area contributed by atoms with E-state index in [9.17, 15) is 18.0 Å². The average Bonchev–Trinajstić information content (AvgIpc) is 2.74. The van der Waals surface area contributed by atoms with Gasteiger partial charge in [-0.25, -0.2) is 8.42 Å². The number of anilines is 1. The van der Waals surface area contributed by atoms with Crippen molar-refractivity contribution in [1.82, 2.24) is 10.2 Å². The third-order valence-electron chi connectivity index (χ3n) is 4.71. The van der Waals surface area contributed by atoms with E-state index in [1.807, 2.05) is 37.3 Å². The lowest BCUT2D eigenvalue weighted by Crippen LogP contribution is -2.51. The van der Waals surface area contributed by atoms with E-state index in [-0.39, 0.29) is 12.5 Å². The molecular formula is C22H28ClN3O4S. The van der Waals surface area contributed by atoms with Crippen molar-refractivity contribution in [3.05, 3.63) is 65.2 Å². The molecule has 0 saturated heterocycles. The summed E-state index contributed by atoms with van der Waals surface area (Å²) >= 11 is 5.91. The number of nitrogens with one attached hydrogen (secondary N) is 1. The minimum atomic E-state index is -3.75. The van der Waals surface area contributed by atoms with E-state index in [0.717, 1.165) is 22.5 Å². The molecule has 0 saturated carbocycles. The number of carbonyl (C=O) groups is 2. The van der Waals surface area contributed by atoms with E-state index in [4.69, 9.17) is 11.6 Å². The van der Waals surface area contributed by atoms with Gasteiger partial charge < -0.3 is 10.2 Å². The van der Waals surface area contributed by atoms with Crippen LogP contribution in [-0.2, 0) is 26.2 Å². The van der Waals surface area contributed by atoms with Gasteiger partial charge in [-0.2, -0.15) is 0 Å². The molecular weight excluding hydrogens is 438 g/mol. The van der Waals surface area contributed by atoms with Gasteiger partial charge in [0, 0.05) is 18.1 Å². The highest BCUT2D eigenvalue weighted by Crippen LogP contribution is 2.21. The first-order valence-corrected chi connectivity index (χ1v) is 12.2. The molecule has 0 heterocycles. The topological polar surface area (TPSA) is 86.8 Å². The SMILES string of the molecule is CCCNC(=O)[C@H](C)N(Cc1ccccc1)C(=O)CN(c1ccc(Cl)cc1)S(C)(=O)=O. The minimum absolute atomic E-state index is 0.179. The van der Waals surface area contributed by atoms with Crippen molar-refractivity contribution in [2.45, 2.75) is 32.9 Å². The van der Waals surface area contributed by atoms with Crippen LogP contribution in [0.15, 0.2) is 54.6 Å². The molecule has 31 heavy (non-hydrogen) atoms. The van der Waals surface area contributed by atoms with E-state index in [1.54, 1.807) is 19.1 Å². The molecule has 0 aromatic heterocycles. The first-order valence-electron chi connectivity index (χ1n) is 9.98. The van der Waals surface area contributed by atoms with E-state index < -0.39 is 28.5 Å². The van der Waals surface area contributed by atoms with Crippen molar-refractivity contribution in [3.63, 3.8) is 0 Å². The Kier molecular flexibility index (Phi) is 8.88. The Morgan fingerprint density at radius 3 is 2.23 bits per heavy atom. The number of hydrogen-bond acceptors (Lipinski definition) is 4. The van der Waals surface area contributed by atoms with Crippen LogP contribution in [0.25, 0.3) is 0 Å². The third kappa shape index (κ3) is 7.25. The van der Waals surface area contributed by atoms with Crippen LogP contribution in [-0.4, -0.2) is 50.5 Å². The highest BCUT2D eigenvalue weighted by molar-refractivity contribution is 7.92. The highest BCUT2D eigenvalue weighted by Gasteiger charge is 2.29. The van der Waals surface area contributed by atoms with E-state index in [1.165, 1.54) is 17.0 Å². The Morgan fingerprint density at radius 1 is 1.06 bits per heavy atom. The molecule has 1 atom stereocenters. The van der Waals surface area contributed by atoms with Gasteiger partial charge in [-0.15, -0.1) is 0 Å². The molecule has 0 aliphatic heterocycles. The molecule has 2 amide bonds. The molecule has 0 radical (unpaired) electrons. The maximum atomic E-state index is 13.3. The molecule has 7 nitrogen and oxygen atoms in total. The van der Waals surface area contributed by atoms with Crippen LogP contribution in [0, 0.1) is 0 Å². The van der Waals surface area contributed by atoms with Crippen LogP contribution in [0.5, 0.6) is 0 Å². The molecule has 0 aliphatic rings. The number of nitrogens with zero attached hydrogens (tertiary/aromatic N) is 2. The number of amides is 2. The lowest BCUT2D eigenvalue weighted by atomic mass is 10.1. The smallest absolute Gasteiger partial charge is 0.244 e. The summed E-state index contributed by atoms with van der Waals surface area (Å²) < 4.78 is 25.9. The number of carbonyl (C=O) groups excluding carboxylic acids is 2. The fourth-order valence-electron chi connectivity index (χ4n) is 2.98. The van der Waals surface area contributed by atoms with Crippen molar-refractivity contribution >= 4 is 39.1 Å². The highest BCUT2D eigenvalue weighted by atomic mass is 35.5. The lowest BCUT2D eigenvalue weighted by Gasteiger charge is -2.31. The second kappa shape index (κ2) is 11.2. The maximum Gasteiger partial charge on any atom is 0.244 e. The number of hydrogen-bond donors (Lipinski definition) is 1. The van der Waals surface area contributed by atoms with Crippen LogP contribution < -0.4 is 9.62 Å². The first-order chi connectivity index (χ1) is 14.6. The summed E-state index contributed by atoms with van der Waals surface area (Å²) in [5.41, 5.74) is 1.16. The van der Waals surface area contributed by atoms with Gasteiger partial charge in [-0.1, -0.05) is 48.9 Å². The van der Waals surface area contributed by atoms with E-state index in [2.05, 4.69) is 5.32 Å². The van der Waals surface area contributed by atoms with Gasteiger partial charge in [0.15, 0.2) is 0 Å². The van der Waals surface area contributed by atoms with Crippen molar-refractivity contribution in [2.24, 2.45) is 0 Å². The molecule has 0 aliphatic carbocycles. The monoisotopic (exact) mass is 465 g/mol. The molecule has 9 heteroatoms. The molecule has 2 rings (SSSR count). The summed E-state index contributed by atoms with van der Waals surface area (Å²) in [7, 11) is -3.75. The van der Waals surface area contributed by atoms with Gasteiger partial charge in [-0.05, 0) is 43.2 Å². The summed E-state index contributed by atoms with van der Waals surface area (Å²) in [5.74, 6) is -0.771.